The summed E-state index contributed by atoms with van der Waals surface area (Å²) in [5.74, 6) is 2.11. The maximum absolute atomic E-state index is 4.37. The number of benzene rings is 1. The fourth-order valence-corrected chi connectivity index (χ4v) is 3.33. The quantitative estimate of drug-likeness (QED) is 0.622. The molecule has 1 aliphatic heterocycles. The molecule has 0 spiro atoms. The first-order valence-electron chi connectivity index (χ1n) is 9.35. The molecule has 2 unspecified atom stereocenters. The number of rotatable bonds is 6. The average molecular weight is 331 g/mol. The van der Waals surface area contributed by atoms with E-state index in [0.29, 0.717) is 5.92 Å². The summed E-state index contributed by atoms with van der Waals surface area (Å²) >= 11 is 0. The van der Waals surface area contributed by atoms with Crippen molar-refractivity contribution in [3.05, 3.63) is 35.4 Å². The Balaban J connectivity index is 1.75. The van der Waals surface area contributed by atoms with E-state index in [0.717, 1.165) is 31.5 Å². The van der Waals surface area contributed by atoms with Crippen molar-refractivity contribution >= 4 is 5.96 Å². The molecule has 0 amide bonds. The molecule has 0 saturated carbocycles. The van der Waals surface area contributed by atoms with Crippen molar-refractivity contribution in [3.8, 4) is 0 Å². The van der Waals surface area contributed by atoms with Crippen LogP contribution in [0.25, 0.3) is 0 Å². The summed E-state index contributed by atoms with van der Waals surface area (Å²) in [7, 11) is 1.85. The molecule has 134 valence electrons. The zero-order valence-corrected chi connectivity index (χ0v) is 15.8. The third kappa shape index (κ3) is 5.82. The summed E-state index contributed by atoms with van der Waals surface area (Å²) in [6.07, 6.45) is 2.64. The number of nitrogens with one attached hydrogen (secondary N) is 2. The van der Waals surface area contributed by atoms with E-state index < -0.39 is 0 Å². The van der Waals surface area contributed by atoms with Gasteiger partial charge in [0.05, 0.1) is 0 Å². The molecule has 1 aromatic rings. The number of aryl methyl sites for hydroxylation is 1. The molecule has 1 aliphatic rings. The van der Waals surface area contributed by atoms with E-state index >= 15 is 0 Å². The van der Waals surface area contributed by atoms with Gasteiger partial charge in [0.2, 0.25) is 0 Å². The molecule has 2 atom stereocenters. The molecule has 0 bridgehead atoms. The second-order valence-corrected chi connectivity index (χ2v) is 7.05. The average Bonchev–Trinajstić information content (AvgIpc) is 2.62. The third-order valence-corrected chi connectivity index (χ3v) is 5.05. The number of guanidine groups is 1. The van der Waals surface area contributed by atoms with Crippen LogP contribution in [0.1, 0.15) is 43.7 Å². The van der Waals surface area contributed by atoms with Crippen LogP contribution in [0.5, 0.6) is 0 Å². The summed E-state index contributed by atoms with van der Waals surface area (Å²) in [5, 5.41) is 6.98. The smallest absolute Gasteiger partial charge is 0.191 e. The molecule has 1 fully saturated rings. The lowest BCUT2D eigenvalue weighted by molar-refractivity contribution is 0.183. The van der Waals surface area contributed by atoms with E-state index in [1.54, 1.807) is 0 Å². The predicted molar refractivity (Wildman–Crippen MR) is 104 cm³/mol. The zero-order chi connectivity index (χ0) is 17.4. The number of likely N-dealkylation sites (tertiary alicyclic amines) is 1. The zero-order valence-electron chi connectivity index (χ0n) is 15.8. The summed E-state index contributed by atoms with van der Waals surface area (Å²) in [6.45, 7) is 12.2. The van der Waals surface area contributed by atoms with E-state index in [-0.39, 0.29) is 0 Å². The van der Waals surface area contributed by atoms with E-state index in [4.69, 9.17) is 0 Å². The summed E-state index contributed by atoms with van der Waals surface area (Å²) in [6, 6.07) is 8.81. The number of aliphatic imine (C=N–C) groups is 1. The number of hydrogen-bond acceptors (Lipinski definition) is 2. The van der Waals surface area contributed by atoms with Crippen LogP contribution in [0, 0.1) is 12.8 Å². The van der Waals surface area contributed by atoms with Gasteiger partial charge in [0.15, 0.2) is 5.96 Å². The first-order chi connectivity index (χ1) is 11.6. The monoisotopic (exact) mass is 330 g/mol. The van der Waals surface area contributed by atoms with Gasteiger partial charge >= 0.3 is 0 Å². The highest BCUT2D eigenvalue weighted by Gasteiger charge is 2.18. The maximum Gasteiger partial charge on any atom is 0.191 e. The van der Waals surface area contributed by atoms with Crippen LogP contribution in [0.4, 0.5) is 0 Å². The lowest BCUT2D eigenvalue weighted by Crippen LogP contribution is -2.45. The van der Waals surface area contributed by atoms with Gasteiger partial charge in [-0.3, -0.25) is 4.99 Å². The van der Waals surface area contributed by atoms with Crippen molar-refractivity contribution in [1.29, 1.82) is 0 Å². The molecule has 24 heavy (non-hydrogen) atoms. The van der Waals surface area contributed by atoms with E-state index in [1.807, 2.05) is 7.05 Å². The Morgan fingerprint density at radius 3 is 2.71 bits per heavy atom. The molecule has 0 aliphatic carbocycles. The minimum atomic E-state index is 0.467. The fourth-order valence-electron chi connectivity index (χ4n) is 3.33. The highest BCUT2D eigenvalue weighted by molar-refractivity contribution is 5.79. The molecule has 0 aromatic heterocycles. The number of nitrogens with zero attached hydrogens (tertiary/aromatic N) is 2. The molecular weight excluding hydrogens is 296 g/mol. The van der Waals surface area contributed by atoms with Crippen molar-refractivity contribution in [2.75, 3.05) is 39.8 Å². The Kier molecular flexibility index (Phi) is 7.57. The van der Waals surface area contributed by atoms with Gasteiger partial charge in [0.1, 0.15) is 0 Å². The summed E-state index contributed by atoms with van der Waals surface area (Å²) in [5.41, 5.74) is 2.68. The highest BCUT2D eigenvalue weighted by Crippen LogP contribution is 2.16. The second-order valence-electron chi connectivity index (χ2n) is 7.05. The second kappa shape index (κ2) is 9.67. The first kappa shape index (κ1) is 18.8. The Morgan fingerprint density at radius 1 is 1.29 bits per heavy atom. The largest absolute Gasteiger partial charge is 0.356 e. The molecule has 1 aromatic carbocycles. The van der Waals surface area contributed by atoms with Crippen LogP contribution in [-0.4, -0.2) is 50.6 Å². The third-order valence-electron chi connectivity index (χ3n) is 5.05. The van der Waals surface area contributed by atoms with E-state index in [2.05, 4.69) is 65.6 Å². The molecule has 2 rings (SSSR count). The molecule has 1 saturated heterocycles. The van der Waals surface area contributed by atoms with Crippen LogP contribution in [0.3, 0.4) is 0 Å². The Morgan fingerprint density at radius 2 is 2.04 bits per heavy atom. The lowest BCUT2D eigenvalue weighted by Gasteiger charge is -2.32. The lowest BCUT2D eigenvalue weighted by atomic mass is 9.98. The molecule has 1 heterocycles. The molecule has 0 radical (unpaired) electrons. The Hall–Kier alpha value is -1.55. The van der Waals surface area contributed by atoms with Crippen LogP contribution < -0.4 is 10.6 Å². The van der Waals surface area contributed by atoms with Crippen molar-refractivity contribution in [2.24, 2.45) is 10.9 Å². The summed E-state index contributed by atoms with van der Waals surface area (Å²) < 4.78 is 0. The summed E-state index contributed by atoms with van der Waals surface area (Å²) in [4.78, 5) is 6.92. The van der Waals surface area contributed by atoms with E-state index in [9.17, 15) is 0 Å². The van der Waals surface area contributed by atoms with Gasteiger partial charge in [-0.1, -0.05) is 43.7 Å². The maximum atomic E-state index is 4.37. The van der Waals surface area contributed by atoms with Gasteiger partial charge in [-0.2, -0.15) is 0 Å². The minimum Gasteiger partial charge on any atom is -0.356 e. The molecular formula is C20H34N4. The van der Waals surface area contributed by atoms with Crippen molar-refractivity contribution in [3.63, 3.8) is 0 Å². The standard InChI is InChI=1S/C20H34N4/c1-5-24-12-6-7-18(15-24)14-23-20(21-4)22-13-17(3)19-10-8-16(2)9-11-19/h8-11,17-18H,5-7,12-15H2,1-4H3,(H2,21,22,23). The Bertz CT molecular complexity index is 509. The predicted octanol–water partition coefficient (Wildman–Crippen LogP) is 3.00. The van der Waals surface area contributed by atoms with Gasteiger partial charge < -0.3 is 15.5 Å². The topological polar surface area (TPSA) is 39.7 Å². The first-order valence-corrected chi connectivity index (χ1v) is 9.35. The van der Waals surface area contributed by atoms with Crippen molar-refractivity contribution in [2.45, 2.75) is 39.5 Å². The van der Waals surface area contributed by atoms with Gasteiger partial charge in [-0.25, -0.2) is 0 Å². The van der Waals surface area contributed by atoms with Gasteiger partial charge in [0, 0.05) is 26.7 Å². The molecule has 4 nitrogen and oxygen atoms in total. The highest BCUT2D eigenvalue weighted by atomic mass is 15.2. The van der Waals surface area contributed by atoms with Gasteiger partial charge in [-0.15, -0.1) is 0 Å². The minimum absolute atomic E-state index is 0.467. The van der Waals surface area contributed by atoms with Gasteiger partial charge in [0.25, 0.3) is 0 Å². The van der Waals surface area contributed by atoms with Crippen LogP contribution in [-0.2, 0) is 0 Å². The number of piperidine rings is 1. The fraction of sp³-hybridized carbons (Fsp3) is 0.650. The van der Waals surface area contributed by atoms with E-state index in [1.165, 1.54) is 37.1 Å². The van der Waals surface area contributed by atoms with Gasteiger partial charge in [-0.05, 0) is 50.3 Å². The van der Waals surface area contributed by atoms with Crippen LogP contribution >= 0.6 is 0 Å². The SMILES string of the molecule is CCN1CCCC(CNC(=NC)NCC(C)c2ccc(C)cc2)C1. The van der Waals surface area contributed by atoms with Crippen molar-refractivity contribution in [1.82, 2.24) is 15.5 Å². The van der Waals surface area contributed by atoms with Crippen LogP contribution in [0.15, 0.2) is 29.3 Å². The van der Waals surface area contributed by atoms with Crippen molar-refractivity contribution < 1.29 is 0 Å². The van der Waals surface area contributed by atoms with Crippen LogP contribution in [0.2, 0.25) is 0 Å². The molecule has 2 N–H and O–H groups in total. The number of hydrogen-bond donors (Lipinski definition) is 2. The molecule has 4 heteroatoms. The Labute approximate surface area is 147 Å². The normalized spacial score (nSPS) is 20.7.